The summed E-state index contributed by atoms with van der Waals surface area (Å²) in [6.45, 7) is 9.85. The maximum Gasteiger partial charge on any atom is 0.0468 e. The van der Waals surface area contributed by atoms with Crippen molar-refractivity contribution in [2.45, 2.75) is 40.2 Å². The number of hydrogen-bond acceptors (Lipinski definition) is 1. The van der Waals surface area contributed by atoms with Gasteiger partial charge in [0.15, 0.2) is 0 Å². The zero-order valence-corrected chi connectivity index (χ0v) is 12.5. The van der Waals surface area contributed by atoms with E-state index in [1.54, 1.807) is 6.07 Å². The van der Waals surface area contributed by atoms with Crippen molar-refractivity contribution in [3.63, 3.8) is 0 Å². The standard InChI is InChI=1S/C14H21Cl2N/c1-10(17-8-7-14(2,3)4)12-6-5-11(15)9-13(12)16/h5-6,9-10,17H,7-8H2,1-4H3. The Hall–Kier alpha value is -0.240. The topological polar surface area (TPSA) is 12.0 Å². The van der Waals surface area contributed by atoms with Crippen molar-refractivity contribution in [1.82, 2.24) is 5.32 Å². The van der Waals surface area contributed by atoms with Crippen LogP contribution in [0.3, 0.4) is 0 Å². The van der Waals surface area contributed by atoms with Crippen LogP contribution in [0.4, 0.5) is 0 Å². The highest BCUT2D eigenvalue weighted by Crippen LogP contribution is 2.26. The van der Waals surface area contributed by atoms with Gasteiger partial charge in [0.25, 0.3) is 0 Å². The second-order valence-electron chi connectivity index (χ2n) is 5.65. The first-order valence-corrected chi connectivity index (χ1v) is 6.73. The number of halogens is 2. The van der Waals surface area contributed by atoms with Gasteiger partial charge in [0, 0.05) is 16.1 Å². The average Bonchev–Trinajstić information content (AvgIpc) is 2.15. The van der Waals surface area contributed by atoms with E-state index in [4.69, 9.17) is 23.2 Å². The van der Waals surface area contributed by atoms with Crippen LogP contribution in [0.2, 0.25) is 10.0 Å². The van der Waals surface area contributed by atoms with E-state index in [9.17, 15) is 0 Å². The smallest absolute Gasteiger partial charge is 0.0468 e. The Morgan fingerprint density at radius 1 is 1.24 bits per heavy atom. The van der Waals surface area contributed by atoms with Crippen LogP contribution in [-0.2, 0) is 0 Å². The SMILES string of the molecule is CC(NCCC(C)(C)C)c1ccc(Cl)cc1Cl. The molecule has 0 aliphatic heterocycles. The maximum absolute atomic E-state index is 6.17. The van der Waals surface area contributed by atoms with E-state index in [1.807, 2.05) is 12.1 Å². The molecule has 0 aromatic heterocycles. The Labute approximate surface area is 115 Å². The molecule has 0 bridgehead atoms. The zero-order chi connectivity index (χ0) is 13.1. The fraction of sp³-hybridized carbons (Fsp3) is 0.571. The van der Waals surface area contributed by atoms with E-state index in [2.05, 4.69) is 33.0 Å². The fourth-order valence-electron chi connectivity index (χ4n) is 1.63. The monoisotopic (exact) mass is 273 g/mol. The summed E-state index contributed by atoms with van der Waals surface area (Å²) in [5.41, 5.74) is 1.46. The van der Waals surface area contributed by atoms with E-state index in [-0.39, 0.29) is 6.04 Å². The first-order chi connectivity index (χ1) is 7.79. The summed E-state index contributed by atoms with van der Waals surface area (Å²) in [6, 6.07) is 5.91. The fourth-order valence-corrected chi connectivity index (χ4v) is 2.20. The summed E-state index contributed by atoms with van der Waals surface area (Å²) >= 11 is 12.0. The van der Waals surface area contributed by atoms with Crippen molar-refractivity contribution in [1.29, 1.82) is 0 Å². The lowest BCUT2D eigenvalue weighted by atomic mass is 9.92. The van der Waals surface area contributed by atoms with Crippen molar-refractivity contribution in [2.75, 3.05) is 6.54 Å². The first-order valence-electron chi connectivity index (χ1n) is 5.98. The van der Waals surface area contributed by atoms with Gasteiger partial charge in [0.2, 0.25) is 0 Å². The highest BCUT2D eigenvalue weighted by Gasteiger charge is 2.12. The molecule has 1 aromatic rings. The van der Waals surface area contributed by atoms with E-state index in [0.29, 0.717) is 10.4 Å². The third kappa shape index (κ3) is 5.29. The normalized spacial score (nSPS) is 13.8. The van der Waals surface area contributed by atoms with Gasteiger partial charge in [-0.25, -0.2) is 0 Å². The van der Waals surface area contributed by atoms with Crippen LogP contribution >= 0.6 is 23.2 Å². The van der Waals surface area contributed by atoms with Gasteiger partial charge in [0.1, 0.15) is 0 Å². The minimum atomic E-state index is 0.252. The average molecular weight is 274 g/mol. The van der Waals surface area contributed by atoms with Crippen molar-refractivity contribution in [2.24, 2.45) is 5.41 Å². The molecule has 0 aliphatic carbocycles. The second kappa shape index (κ2) is 6.08. The Morgan fingerprint density at radius 2 is 1.88 bits per heavy atom. The number of benzene rings is 1. The molecule has 0 radical (unpaired) electrons. The van der Waals surface area contributed by atoms with E-state index >= 15 is 0 Å². The Bertz CT molecular complexity index is 369. The molecule has 1 N–H and O–H groups in total. The van der Waals surface area contributed by atoms with Crippen LogP contribution < -0.4 is 5.32 Å². The molecule has 1 nitrogen and oxygen atoms in total. The lowest BCUT2D eigenvalue weighted by Gasteiger charge is -2.21. The molecular weight excluding hydrogens is 253 g/mol. The summed E-state index contributed by atoms with van der Waals surface area (Å²) in [7, 11) is 0. The zero-order valence-electron chi connectivity index (χ0n) is 11.0. The van der Waals surface area contributed by atoms with Gasteiger partial charge in [-0.3, -0.25) is 0 Å². The number of hydrogen-bond donors (Lipinski definition) is 1. The van der Waals surface area contributed by atoms with Crippen LogP contribution in [-0.4, -0.2) is 6.54 Å². The summed E-state index contributed by atoms with van der Waals surface area (Å²) in [5, 5.41) is 4.90. The van der Waals surface area contributed by atoms with Crippen LogP contribution in [0, 0.1) is 5.41 Å². The van der Waals surface area contributed by atoms with Gasteiger partial charge in [-0.1, -0.05) is 50.0 Å². The minimum Gasteiger partial charge on any atom is -0.310 e. The molecular formula is C14H21Cl2N. The Kier molecular flexibility index (Phi) is 5.30. The Balaban J connectivity index is 2.55. The van der Waals surface area contributed by atoms with Crippen molar-refractivity contribution >= 4 is 23.2 Å². The summed E-state index contributed by atoms with van der Waals surface area (Å²) in [4.78, 5) is 0. The maximum atomic E-state index is 6.17. The van der Waals surface area contributed by atoms with Crippen LogP contribution in [0.1, 0.15) is 45.7 Å². The number of rotatable bonds is 4. The molecule has 3 heteroatoms. The number of nitrogens with one attached hydrogen (secondary N) is 1. The summed E-state index contributed by atoms with van der Waals surface area (Å²) < 4.78 is 0. The Morgan fingerprint density at radius 3 is 2.41 bits per heavy atom. The molecule has 0 saturated heterocycles. The van der Waals surface area contributed by atoms with Crippen molar-refractivity contribution in [3.8, 4) is 0 Å². The highest BCUT2D eigenvalue weighted by atomic mass is 35.5. The van der Waals surface area contributed by atoms with Gasteiger partial charge < -0.3 is 5.32 Å². The molecule has 0 aliphatic rings. The van der Waals surface area contributed by atoms with Crippen LogP contribution in [0.15, 0.2) is 18.2 Å². The lowest BCUT2D eigenvalue weighted by molar-refractivity contribution is 0.358. The quantitative estimate of drug-likeness (QED) is 0.807. The molecule has 1 unspecified atom stereocenters. The largest absolute Gasteiger partial charge is 0.310 e. The molecule has 0 fully saturated rings. The predicted octanol–water partition coefficient (Wildman–Crippen LogP) is 5.08. The van der Waals surface area contributed by atoms with Crippen LogP contribution in [0.25, 0.3) is 0 Å². The van der Waals surface area contributed by atoms with Crippen molar-refractivity contribution in [3.05, 3.63) is 33.8 Å². The highest BCUT2D eigenvalue weighted by molar-refractivity contribution is 6.35. The third-order valence-electron chi connectivity index (χ3n) is 2.75. The second-order valence-corrected chi connectivity index (χ2v) is 6.50. The van der Waals surface area contributed by atoms with E-state index < -0.39 is 0 Å². The van der Waals surface area contributed by atoms with E-state index in [1.165, 1.54) is 0 Å². The molecule has 0 saturated carbocycles. The summed E-state index contributed by atoms with van der Waals surface area (Å²) in [6.07, 6.45) is 1.14. The third-order valence-corrected chi connectivity index (χ3v) is 3.32. The van der Waals surface area contributed by atoms with Gasteiger partial charge in [-0.05, 0) is 43.0 Å². The molecule has 96 valence electrons. The lowest BCUT2D eigenvalue weighted by Crippen LogP contribution is -2.23. The van der Waals surface area contributed by atoms with Crippen molar-refractivity contribution < 1.29 is 0 Å². The molecule has 1 rings (SSSR count). The van der Waals surface area contributed by atoms with Crippen LogP contribution in [0.5, 0.6) is 0 Å². The summed E-state index contributed by atoms with van der Waals surface area (Å²) in [5.74, 6) is 0. The molecule has 1 aromatic carbocycles. The van der Waals surface area contributed by atoms with Gasteiger partial charge in [-0.2, -0.15) is 0 Å². The molecule has 1 atom stereocenters. The van der Waals surface area contributed by atoms with E-state index in [0.717, 1.165) is 23.6 Å². The first kappa shape index (κ1) is 14.8. The molecule has 0 spiro atoms. The molecule has 0 amide bonds. The van der Waals surface area contributed by atoms with Gasteiger partial charge in [0.05, 0.1) is 0 Å². The molecule has 17 heavy (non-hydrogen) atoms. The van der Waals surface area contributed by atoms with Gasteiger partial charge in [-0.15, -0.1) is 0 Å². The predicted molar refractivity (Wildman–Crippen MR) is 77.0 cm³/mol. The van der Waals surface area contributed by atoms with Gasteiger partial charge >= 0.3 is 0 Å². The molecule has 0 heterocycles. The minimum absolute atomic E-state index is 0.252.